The molecule has 0 fully saturated rings. The maximum absolute atomic E-state index is 12.7. The van der Waals surface area contributed by atoms with Crippen molar-refractivity contribution >= 4 is 10.0 Å². The lowest BCUT2D eigenvalue weighted by atomic mass is 10.3. The minimum absolute atomic E-state index is 0.473. The maximum atomic E-state index is 12.7. The summed E-state index contributed by atoms with van der Waals surface area (Å²) >= 11 is 0. The zero-order valence-corrected chi connectivity index (χ0v) is 11.9. The van der Waals surface area contributed by atoms with Crippen LogP contribution in [0.4, 0.5) is 17.6 Å². The second-order valence-corrected chi connectivity index (χ2v) is 5.89. The highest BCUT2D eigenvalue weighted by molar-refractivity contribution is 7.89. The molecule has 5 nitrogen and oxygen atoms in total. The number of hydrogen-bond acceptors (Lipinski definition) is 4. The molecule has 0 saturated carbocycles. The smallest absolute Gasteiger partial charge is 0.313 e. The van der Waals surface area contributed by atoms with Gasteiger partial charge >= 0.3 is 12.3 Å². The lowest BCUT2D eigenvalue weighted by Gasteiger charge is -2.15. The molecular formula is C11H15F4N3O2S. The molecule has 1 heterocycles. The fourth-order valence-corrected chi connectivity index (χ4v) is 2.26. The Bertz CT molecular complexity index is 549. The summed E-state index contributed by atoms with van der Waals surface area (Å²) in [7, 11) is -4.36. The predicted octanol–water partition coefficient (Wildman–Crippen LogP) is 1.37. The molecule has 0 radical (unpaired) electrons. The van der Waals surface area contributed by atoms with Crippen LogP contribution < -0.4 is 10.0 Å². The number of nitrogens with one attached hydrogen (secondary N) is 2. The highest BCUT2D eigenvalue weighted by Gasteiger charge is 2.41. The van der Waals surface area contributed by atoms with Crippen molar-refractivity contribution in [1.29, 1.82) is 0 Å². The molecule has 0 saturated heterocycles. The summed E-state index contributed by atoms with van der Waals surface area (Å²) in [6.07, 6.45) is -2.68. The van der Waals surface area contributed by atoms with E-state index >= 15 is 0 Å². The number of aromatic nitrogens is 1. The van der Waals surface area contributed by atoms with Crippen LogP contribution in [0.1, 0.15) is 12.5 Å². The minimum atomic E-state index is -4.43. The zero-order valence-electron chi connectivity index (χ0n) is 11.1. The van der Waals surface area contributed by atoms with Gasteiger partial charge in [0.2, 0.25) is 0 Å². The van der Waals surface area contributed by atoms with Crippen molar-refractivity contribution in [2.75, 3.05) is 13.1 Å². The third-order valence-corrected chi connectivity index (χ3v) is 3.79. The Morgan fingerprint density at radius 1 is 1.33 bits per heavy atom. The van der Waals surface area contributed by atoms with E-state index in [0.717, 1.165) is 6.07 Å². The van der Waals surface area contributed by atoms with Crippen LogP contribution in [0.5, 0.6) is 0 Å². The summed E-state index contributed by atoms with van der Waals surface area (Å²) in [6, 6.07) is 2.57. The van der Waals surface area contributed by atoms with Crippen molar-refractivity contribution in [3.05, 3.63) is 23.9 Å². The number of nitrogens with zero attached hydrogens (tertiary/aromatic N) is 1. The third kappa shape index (κ3) is 5.21. The van der Waals surface area contributed by atoms with E-state index in [1.807, 2.05) is 6.92 Å². The monoisotopic (exact) mass is 329 g/mol. The van der Waals surface area contributed by atoms with Crippen LogP contribution in [-0.4, -0.2) is 38.8 Å². The fraction of sp³-hybridized carbons (Fsp3) is 0.545. The van der Waals surface area contributed by atoms with Gasteiger partial charge < -0.3 is 5.32 Å². The first kappa shape index (κ1) is 17.8. The second kappa shape index (κ2) is 7.14. The van der Waals surface area contributed by atoms with Crippen LogP contribution in [0, 0.1) is 0 Å². The van der Waals surface area contributed by atoms with Crippen LogP contribution in [-0.2, 0) is 16.6 Å². The van der Waals surface area contributed by atoms with E-state index in [9.17, 15) is 26.0 Å². The first-order chi connectivity index (χ1) is 9.69. The van der Waals surface area contributed by atoms with Crippen molar-refractivity contribution < 1.29 is 26.0 Å². The van der Waals surface area contributed by atoms with Crippen molar-refractivity contribution in [2.45, 2.75) is 30.8 Å². The number of sulfonamides is 1. The number of halogens is 4. The number of hydrogen-bond donors (Lipinski definition) is 2. The first-order valence-electron chi connectivity index (χ1n) is 6.00. The van der Waals surface area contributed by atoms with Gasteiger partial charge in [-0.1, -0.05) is 13.0 Å². The summed E-state index contributed by atoms with van der Waals surface area (Å²) in [4.78, 5) is 3.63. The van der Waals surface area contributed by atoms with Gasteiger partial charge in [0.05, 0.1) is 6.54 Å². The standard InChI is InChI=1S/C11H15F4N3O2S/c1-2-16-5-8-3-4-9(17-6-8)21(19,20)18-7-11(14,15)10(12)13/h3-4,6,10,16,18H,2,5,7H2,1H3. The van der Waals surface area contributed by atoms with Crippen molar-refractivity contribution in [3.8, 4) is 0 Å². The largest absolute Gasteiger partial charge is 0.320 e. The van der Waals surface area contributed by atoms with E-state index in [1.54, 1.807) is 0 Å². The average molecular weight is 329 g/mol. The van der Waals surface area contributed by atoms with Gasteiger partial charge in [0.1, 0.15) is 0 Å². The van der Waals surface area contributed by atoms with Crippen LogP contribution >= 0.6 is 0 Å². The molecule has 1 aromatic rings. The SMILES string of the molecule is CCNCc1ccc(S(=O)(=O)NCC(F)(F)C(F)F)nc1. The second-order valence-electron chi connectivity index (χ2n) is 4.17. The number of alkyl halides is 4. The molecule has 0 aliphatic carbocycles. The lowest BCUT2D eigenvalue weighted by molar-refractivity contribution is -0.122. The summed E-state index contributed by atoms with van der Waals surface area (Å²) < 4.78 is 74.0. The molecule has 0 aliphatic heterocycles. The third-order valence-electron chi connectivity index (χ3n) is 2.47. The summed E-state index contributed by atoms with van der Waals surface area (Å²) in [5.41, 5.74) is 0.703. The van der Waals surface area contributed by atoms with Gasteiger partial charge in [-0.15, -0.1) is 0 Å². The number of pyridine rings is 1. The molecule has 0 amide bonds. The summed E-state index contributed by atoms with van der Waals surface area (Å²) in [5.74, 6) is -4.43. The van der Waals surface area contributed by atoms with Crippen LogP contribution in [0.15, 0.2) is 23.4 Å². The van der Waals surface area contributed by atoms with Gasteiger partial charge in [0.15, 0.2) is 5.03 Å². The molecule has 10 heteroatoms. The number of rotatable bonds is 8. The van der Waals surface area contributed by atoms with Gasteiger partial charge in [-0.25, -0.2) is 26.9 Å². The van der Waals surface area contributed by atoms with Crippen molar-refractivity contribution in [2.24, 2.45) is 0 Å². The Kier molecular flexibility index (Phi) is 6.05. The highest BCUT2D eigenvalue weighted by Crippen LogP contribution is 2.22. The Hall–Kier alpha value is -1.26. The van der Waals surface area contributed by atoms with Gasteiger partial charge in [-0.3, -0.25) is 0 Å². The van der Waals surface area contributed by atoms with E-state index in [1.165, 1.54) is 17.0 Å². The Labute approximate surface area is 119 Å². The van der Waals surface area contributed by atoms with E-state index in [-0.39, 0.29) is 0 Å². The van der Waals surface area contributed by atoms with Crippen LogP contribution in [0.2, 0.25) is 0 Å². The molecule has 0 aliphatic rings. The molecule has 0 aromatic carbocycles. The topological polar surface area (TPSA) is 71.1 Å². The fourth-order valence-electron chi connectivity index (χ4n) is 1.29. The first-order valence-corrected chi connectivity index (χ1v) is 7.48. The van der Waals surface area contributed by atoms with Gasteiger partial charge in [0.25, 0.3) is 10.0 Å². The Morgan fingerprint density at radius 2 is 2.00 bits per heavy atom. The molecule has 0 atom stereocenters. The molecule has 1 aromatic heterocycles. The van der Waals surface area contributed by atoms with Crippen molar-refractivity contribution in [1.82, 2.24) is 15.0 Å². The molecule has 0 unspecified atom stereocenters. The summed E-state index contributed by atoms with van der Waals surface area (Å²) in [5, 5.41) is 2.49. The molecule has 2 N–H and O–H groups in total. The van der Waals surface area contributed by atoms with E-state index in [2.05, 4.69) is 10.3 Å². The molecule has 0 bridgehead atoms. The Balaban J connectivity index is 2.74. The lowest BCUT2D eigenvalue weighted by Crippen LogP contribution is -2.41. The van der Waals surface area contributed by atoms with Crippen LogP contribution in [0.3, 0.4) is 0 Å². The van der Waals surface area contributed by atoms with E-state index < -0.39 is 33.9 Å². The van der Waals surface area contributed by atoms with Gasteiger partial charge in [0, 0.05) is 12.7 Å². The van der Waals surface area contributed by atoms with Gasteiger partial charge in [-0.2, -0.15) is 8.78 Å². The van der Waals surface area contributed by atoms with Gasteiger partial charge in [-0.05, 0) is 18.2 Å². The highest BCUT2D eigenvalue weighted by atomic mass is 32.2. The van der Waals surface area contributed by atoms with Crippen molar-refractivity contribution in [3.63, 3.8) is 0 Å². The molecule has 21 heavy (non-hydrogen) atoms. The van der Waals surface area contributed by atoms with Crippen LogP contribution in [0.25, 0.3) is 0 Å². The quantitative estimate of drug-likeness (QED) is 0.707. The maximum Gasteiger partial charge on any atom is 0.320 e. The molecular weight excluding hydrogens is 314 g/mol. The Morgan fingerprint density at radius 3 is 2.48 bits per heavy atom. The summed E-state index contributed by atoms with van der Waals surface area (Å²) in [6.45, 7) is 1.39. The molecule has 120 valence electrons. The predicted molar refractivity (Wildman–Crippen MR) is 67.8 cm³/mol. The average Bonchev–Trinajstić information content (AvgIpc) is 2.43. The normalized spacial score (nSPS) is 12.9. The minimum Gasteiger partial charge on any atom is -0.313 e. The zero-order chi connectivity index (χ0) is 16.1. The molecule has 0 spiro atoms. The van der Waals surface area contributed by atoms with E-state index in [4.69, 9.17) is 0 Å². The van der Waals surface area contributed by atoms with E-state index in [0.29, 0.717) is 18.7 Å². The molecule has 1 rings (SSSR count).